The molecule has 102 valence electrons. The lowest BCUT2D eigenvalue weighted by Crippen LogP contribution is -2.29. The Balaban J connectivity index is 2.55. The number of nitrogens with zero attached hydrogens (tertiary/aromatic N) is 1. The molecule has 1 rings (SSSR count). The minimum atomic E-state index is -1.14. The van der Waals surface area contributed by atoms with Crippen molar-refractivity contribution in [3.8, 4) is 0 Å². The van der Waals surface area contributed by atoms with Crippen molar-refractivity contribution in [3.63, 3.8) is 0 Å². The van der Waals surface area contributed by atoms with Gasteiger partial charge in [0, 0.05) is 13.1 Å². The first kappa shape index (κ1) is 14.9. The Kier molecular flexibility index (Phi) is 5.73. The molecule has 0 aliphatic rings. The van der Waals surface area contributed by atoms with E-state index in [1.807, 2.05) is 30.3 Å². The molecule has 0 aliphatic carbocycles. The minimum absolute atomic E-state index is 0.135. The smallest absolute Gasteiger partial charge is 0.314 e. The number of carboxylic acid groups (broad SMARTS) is 1. The van der Waals surface area contributed by atoms with Crippen molar-refractivity contribution < 1.29 is 19.5 Å². The maximum atomic E-state index is 11.2. The van der Waals surface area contributed by atoms with Crippen LogP contribution in [0.5, 0.6) is 0 Å². The zero-order valence-electron chi connectivity index (χ0n) is 10.8. The molecule has 0 aromatic heterocycles. The summed E-state index contributed by atoms with van der Waals surface area (Å²) < 4.78 is 0. The van der Waals surface area contributed by atoms with Crippen molar-refractivity contribution >= 4 is 18.2 Å². The van der Waals surface area contributed by atoms with E-state index >= 15 is 0 Å². The number of benzene rings is 1. The van der Waals surface area contributed by atoms with Crippen molar-refractivity contribution in [2.24, 2.45) is 5.92 Å². The van der Waals surface area contributed by atoms with Crippen LogP contribution >= 0.6 is 0 Å². The van der Waals surface area contributed by atoms with E-state index in [-0.39, 0.29) is 13.0 Å². The Morgan fingerprint density at radius 3 is 2.42 bits per heavy atom. The lowest BCUT2D eigenvalue weighted by atomic mass is 10.0. The summed E-state index contributed by atoms with van der Waals surface area (Å²) in [6.07, 6.45) is 0.808. The molecule has 19 heavy (non-hydrogen) atoms. The summed E-state index contributed by atoms with van der Waals surface area (Å²) in [6, 6.07) is 9.39. The summed E-state index contributed by atoms with van der Waals surface area (Å²) in [7, 11) is 0. The van der Waals surface area contributed by atoms with Gasteiger partial charge in [-0.15, -0.1) is 0 Å². The Morgan fingerprint density at radius 2 is 1.95 bits per heavy atom. The minimum Gasteiger partial charge on any atom is -0.481 e. The zero-order chi connectivity index (χ0) is 14.3. The van der Waals surface area contributed by atoms with Crippen LogP contribution in [0.2, 0.25) is 0 Å². The lowest BCUT2D eigenvalue weighted by Gasteiger charge is -2.19. The van der Waals surface area contributed by atoms with Gasteiger partial charge in [0.25, 0.3) is 0 Å². The molecule has 0 saturated heterocycles. The molecule has 0 bridgehead atoms. The molecule has 1 aromatic carbocycles. The molecule has 0 radical (unpaired) electrons. The zero-order valence-corrected chi connectivity index (χ0v) is 10.8. The molecule has 0 saturated carbocycles. The van der Waals surface area contributed by atoms with Gasteiger partial charge in [-0.05, 0) is 18.9 Å². The van der Waals surface area contributed by atoms with Crippen molar-refractivity contribution in [1.82, 2.24) is 4.90 Å². The molecule has 0 heterocycles. The number of carbonyl (C=O) groups excluding carboxylic acids is 2. The summed E-state index contributed by atoms with van der Waals surface area (Å²) in [5.41, 5.74) is 0.962. The molecule has 0 fully saturated rings. The van der Waals surface area contributed by atoms with Crippen LogP contribution in [0, 0.1) is 5.92 Å². The quantitative estimate of drug-likeness (QED) is 0.567. The highest BCUT2D eigenvalue weighted by Gasteiger charge is 2.22. The van der Waals surface area contributed by atoms with Crippen LogP contribution in [0.3, 0.4) is 0 Å². The summed E-state index contributed by atoms with van der Waals surface area (Å²) >= 11 is 0. The van der Waals surface area contributed by atoms with Crippen molar-refractivity contribution in [3.05, 3.63) is 35.9 Å². The van der Waals surface area contributed by atoms with Gasteiger partial charge in [0.1, 0.15) is 11.7 Å². The van der Waals surface area contributed by atoms with Crippen LogP contribution in [0.25, 0.3) is 0 Å². The van der Waals surface area contributed by atoms with Gasteiger partial charge in [0.05, 0.1) is 0 Å². The molecule has 1 unspecified atom stereocenters. The molecule has 5 nitrogen and oxygen atoms in total. The predicted octanol–water partition coefficient (Wildman–Crippen LogP) is 1.32. The first-order valence-electron chi connectivity index (χ1n) is 6.01. The van der Waals surface area contributed by atoms with Gasteiger partial charge in [0.15, 0.2) is 0 Å². The second-order valence-electron chi connectivity index (χ2n) is 4.35. The van der Waals surface area contributed by atoms with E-state index in [2.05, 4.69) is 0 Å². The SMILES string of the molecule is CC(=O)C(CCN(C=O)Cc1ccccc1)C(=O)O. The third kappa shape index (κ3) is 4.91. The van der Waals surface area contributed by atoms with Crippen LogP contribution < -0.4 is 0 Å². The normalized spacial score (nSPS) is 11.6. The van der Waals surface area contributed by atoms with Crippen LogP contribution in [-0.2, 0) is 20.9 Å². The van der Waals surface area contributed by atoms with Crippen LogP contribution in [0.15, 0.2) is 30.3 Å². The summed E-state index contributed by atoms with van der Waals surface area (Å²) in [4.78, 5) is 34.5. The third-order valence-electron chi connectivity index (χ3n) is 2.87. The molecule has 1 atom stereocenters. The molecular formula is C14H17NO4. The number of amides is 1. The van der Waals surface area contributed by atoms with Crippen LogP contribution in [-0.4, -0.2) is 34.7 Å². The summed E-state index contributed by atoms with van der Waals surface area (Å²) in [6.45, 7) is 1.91. The number of rotatable bonds is 8. The predicted molar refractivity (Wildman–Crippen MR) is 69.3 cm³/mol. The molecular weight excluding hydrogens is 246 g/mol. The van der Waals surface area contributed by atoms with E-state index in [0.29, 0.717) is 13.0 Å². The number of ketones is 1. The second-order valence-corrected chi connectivity index (χ2v) is 4.35. The summed E-state index contributed by atoms with van der Waals surface area (Å²) in [5.74, 6) is -2.57. The highest BCUT2D eigenvalue weighted by molar-refractivity contribution is 5.96. The fourth-order valence-corrected chi connectivity index (χ4v) is 1.78. The van der Waals surface area contributed by atoms with Crippen molar-refractivity contribution in [1.29, 1.82) is 0 Å². The monoisotopic (exact) mass is 263 g/mol. The Bertz CT molecular complexity index is 430. The molecule has 0 aliphatic heterocycles. The Morgan fingerprint density at radius 1 is 1.32 bits per heavy atom. The highest BCUT2D eigenvalue weighted by Crippen LogP contribution is 2.09. The van der Waals surface area contributed by atoms with Gasteiger partial charge in [0.2, 0.25) is 6.41 Å². The van der Waals surface area contributed by atoms with E-state index < -0.39 is 17.7 Å². The first-order chi connectivity index (χ1) is 9.04. The third-order valence-corrected chi connectivity index (χ3v) is 2.87. The average molecular weight is 263 g/mol. The largest absolute Gasteiger partial charge is 0.481 e. The first-order valence-corrected chi connectivity index (χ1v) is 6.01. The van der Waals surface area contributed by atoms with Gasteiger partial charge in [-0.3, -0.25) is 14.4 Å². The molecule has 0 spiro atoms. The number of Topliss-reactive ketones (excluding diaryl/α,β-unsaturated/α-hetero) is 1. The number of carbonyl (C=O) groups is 3. The van der Waals surface area contributed by atoms with Crippen LogP contribution in [0.1, 0.15) is 18.9 Å². The van der Waals surface area contributed by atoms with Gasteiger partial charge in [-0.25, -0.2) is 0 Å². The molecule has 5 heteroatoms. The van der Waals surface area contributed by atoms with Gasteiger partial charge < -0.3 is 10.0 Å². The number of carboxylic acids is 1. The summed E-state index contributed by atoms with van der Waals surface area (Å²) in [5, 5.41) is 8.89. The second kappa shape index (κ2) is 7.31. The van der Waals surface area contributed by atoms with E-state index in [9.17, 15) is 14.4 Å². The standard InChI is InChI=1S/C14H17NO4/c1-11(17)13(14(18)19)7-8-15(10-16)9-12-5-3-2-4-6-12/h2-6,10,13H,7-9H2,1H3,(H,18,19). The van der Waals surface area contributed by atoms with Crippen molar-refractivity contribution in [2.75, 3.05) is 6.54 Å². The maximum absolute atomic E-state index is 11.2. The van der Waals surface area contributed by atoms with Gasteiger partial charge >= 0.3 is 5.97 Å². The van der Waals surface area contributed by atoms with Crippen molar-refractivity contribution in [2.45, 2.75) is 19.9 Å². The number of aliphatic carboxylic acids is 1. The topological polar surface area (TPSA) is 74.7 Å². The Hall–Kier alpha value is -2.17. The maximum Gasteiger partial charge on any atom is 0.314 e. The van der Waals surface area contributed by atoms with Gasteiger partial charge in [-0.2, -0.15) is 0 Å². The Labute approximate surface area is 111 Å². The molecule has 1 aromatic rings. The van der Waals surface area contributed by atoms with E-state index in [4.69, 9.17) is 5.11 Å². The van der Waals surface area contributed by atoms with Gasteiger partial charge in [-0.1, -0.05) is 30.3 Å². The van der Waals surface area contributed by atoms with E-state index in [1.54, 1.807) is 0 Å². The fraction of sp³-hybridized carbons (Fsp3) is 0.357. The lowest BCUT2D eigenvalue weighted by molar-refractivity contribution is -0.146. The van der Waals surface area contributed by atoms with E-state index in [1.165, 1.54) is 11.8 Å². The van der Waals surface area contributed by atoms with Crippen LogP contribution in [0.4, 0.5) is 0 Å². The number of hydrogen-bond acceptors (Lipinski definition) is 3. The highest BCUT2D eigenvalue weighted by atomic mass is 16.4. The molecule has 1 N–H and O–H groups in total. The molecule has 1 amide bonds. The number of hydrogen-bond donors (Lipinski definition) is 1. The fourth-order valence-electron chi connectivity index (χ4n) is 1.78. The average Bonchev–Trinajstić information content (AvgIpc) is 2.38. The van der Waals surface area contributed by atoms with E-state index in [0.717, 1.165) is 5.56 Å².